The number of likely N-dealkylation sites (tertiary alicyclic amines) is 3. The van der Waals surface area contributed by atoms with Crippen LogP contribution in [0.25, 0.3) is 0 Å². The number of rotatable bonds is 18. The number of amides is 10. The summed E-state index contributed by atoms with van der Waals surface area (Å²) in [6.07, 6.45) is 7.59. The number of carbonyl (C=O) groups excluding carboxylic acids is 10. The third-order valence-electron chi connectivity index (χ3n) is 18.6. The second kappa shape index (κ2) is 37.2. The van der Waals surface area contributed by atoms with Crippen LogP contribution in [0.5, 0.6) is 5.75 Å². The van der Waals surface area contributed by atoms with Gasteiger partial charge in [0, 0.05) is 73.1 Å². The minimum Gasteiger partial charge on any atom is -0.497 e. The lowest BCUT2D eigenvalue weighted by Gasteiger charge is -2.37. The summed E-state index contributed by atoms with van der Waals surface area (Å²) in [5.74, 6) is -6.02. The molecular formula is C83H88F5N5O13. The van der Waals surface area contributed by atoms with Gasteiger partial charge in [-0.05, 0) is 136 Å². The Bertz CT molecular complexity index is 4050. The van der Waals surface area contributed by atoms with Crippen molar-refractivity contribution < 1.29 is 84.1 Å². The number of imide groups is 5. The van der Waals surface area contributed by atoms with E-state index in [0.29, 0.717) is 84.5 Å². The van der Waals surface area contributed by atoms with Gasteiger partial charge in [-0.3, -0.25) is 72.4 Å². The SMILES string of the molecule is C=CC[C@]1(C)CCCCN(C(=O)c2ccc(OC)cc2)C1=O.C=CC[C@]1(C)OCCN(C(=O)c2ccccc2)C1=O.C=CC[C@]1(Cc2ccc(C(F)(F)F)cc2)CCN(C(=O)c2ccccc2)C1=O.C=CC[C@]1(F)CCN(C(=O)c2ccccc2)C1=O.C=CC[C@]1(F)OCCN(C(=O)c2ccccc2)C1=O. The van der Waals surface area contributed by atoms with Gasteiger partial charge in [0.25, 0.3) is 53.1 Å². The van der Waals surface area contributed by atoms with Gasteiger partial charge in [-0.1, -0.05) is 129 Å². The second-order valence-electron chi connectivity index (χ2n) is 26.3. The number of nitrogens with zero attached hydrogens (tertiary/aromatic N) is 5. The van der Waals surface area contributed by atoms with E-state index in [1.807, 2.05) is 13.0 Å². The average molecular weight is 1460 g/mol. The van der Waals surface area contributed by atoms with Gasteiger partial charge >= 0.3 is 6.18 Å². The van der Waals surface area contributed by atoms with Gasteiger partial charge in [-0.15, -0.1) is 32.9 Å². The molecule has 106 heavy (non-hydrogen) atoms. The van der Waals surface area contributed by atoms with Crippen molar-refractivity contribution in [1.82, 2.24) is 24.5 Å². The summed E-state index contributed by atoms with van der Waals surface area (Å²) < 4.78 is 82.3. The van der Waals surface area contributed by atoms with E-state index in [1.54, 1.807) is 172 Å². The number of ether oxygens (including phenoxy) is 3. The lowest BCUT2D eigenvalue weighted by molar-refractivity contribution is -0.198. The minimum absolute atomic E-state index is 0.0192. The predicted octanol–water partition coefficient (Wildman–Crippen LogP) is 14.6. The Morgan fingerprint density at radius 3 is 1.28 bits per heavy atom. The van der Waals surface area contributed by atoms with Crippen molar-refractivity contribution in [2.24, 2.45) is 10.8 Å². The standard InChI is InChI=1S/C22H20F3NO2.C18H23NO3.C15H17NO3.C14H14FNO3.C14H14FNO2/c1-2-12-21(15-16-8-10-18(11-9-16)22(23,24)25)13-14-26(20(21)28)19(27)17-6-4-3-5-7-17;1-4-11-18(2)12-5-6-13-19(17(18)21)16(20)14-7-9-15(22-3)10-8-14;1-3-9-15(2)14(18)16(10-11-19-15)13(17)12-7-5-4-6-8-12;1-2-8-14(15)13(18)16(9-10-19-14)12(17)11-6-4-3-5-7-11;1-2-8-14(15)9-10-16(13(14)18)12(17)11-6-4-3-5-7-11/h2-11H,1,12-15H2;4,7-10H,1,5-6,11-13H2,2-3H3;3-8H,1,9-11H2,2H3;2-7H,1,8-10H2;2-7H,1,8-10H2/t21-;18-;15-;2*14-/m11000/s1. The molecule has 5 aliphatic rings. The van der Waals surface area contributed by atoms with Crippen LogP contribution in [0.2, 0.25) is 0 Å². The molecule has 5 atom stereocenters. The van der Waals surface area contributed by atoms with Gasteiger partial charge < -0.3 is 14.2 Å². The van der Waals surface area contributed by atoms with E-state index in [2.05, 4.69) is 32.9 Å². The van der Waals surface area contributed by atoms with Gasteiger partial charge in [0.15, 0.2) is 5.67 Å². The maximum Gasteiger partial charge on any atom is 0.416 e. The summed E-state index contributed by atoms with van der Waals surface area (Å²) >= 11 is 0. The molecule has 6 aromatic carbocycles. The molecule has 10 amide bonds. The first kappa shape index (κ1) is 82.4. The van der Waals surface area contributed by atoms with Crippen LogP contribution in [0.1, 0.15) is 141 Å². The molecule has 0 N–H and O–H groups in total. The third kappa shape index (κ3) is 20.1. The highest BCUT2D eigenvalue weighted by atomic mass is 19.4. The van der Waals surface area contributed by atoms with Crippen LogP contribution in [0, 0.1) is 10.8 Å². The Kier molecular flexibility index (Phi) is 28.9. The molecular weight excluding hydrogens is 1370 g/mol. The summed E-state index contributed by atoms with van der Waals surface area (Å²) in [6.45, 7) is 23.1. The van der Waals surface area contributed by atoms with Crippen LogP contribution in [0.3, 0.4) is 0 Å². The molecule has 6 aromatic rings. The highest BCUT2D eigenvalue weighted by Gasteiger charge is 2.51. The quantitative estimate of drug-likeness (QED) is 0.0445. The molecule has 0 saturated carbocycles. The van der Waals surface area contributed by atoms with Crippen molar-refractivity contribution in [3.8, 4) is 5.75 Å². The number of alkyl halides is 5. The van der Waals surface area contributed by atoms with E-state index in [-0.39, 0.29) is 87.4 Å². The van der Waals surface area contributed by atoms with Crippen LogP contribution in [0.4, 0.5) is 22.0 Å². The van der Waals surface area contributed by atoms with Crippen molar-refractivity contribution in [3.63, 3.8) is 0 Å². The largest absolute Gasteiger partial charge is 0.497 e. The predicted molar refractivity (Wildman–Crippen MR) is 390 cm³/mol. The van der Waals surface area contributed by atoms with Crippen molar-refractivity contribution in [3.05, 3.63) is 272 Å². The van der Waals surface area contributed by atoms with E-state index < -0.39 is 63.3 Å². The number of carbonyl (C=O) groups is 10. The summed E-state index contributed by atoms with van der Waals surface area (Å²) in [6, 6.07) is 45.7. The monoisotopic (exact) mass is 1460 g/mol. The summed E-state index contributed by atoms with van der Waals surface area (Å²) in [5.41, 5.74) is -2.25. The smallest absolute Gasteiger partial charge is 0.416 e. The Morgan fingerprint density at radius 2 is 0.840 bits per heavy atom. The zero-order valence-corrected chi connectivity index (χ0v) is 59.7. The molecule has 5 aliphatic heterocycles. The van der Waals surface area contributed by atoms with Crippen LogP contribution in [0.15, 0.2) is 233 Å². The molecule has 5 fully saturated rings. The zero-order valence-electron chi connectivity index (χ0n) is 59.7. The number of halogens is 5. The molecule has 5 saturated heterocycles. The average Bonchev–Trinajstić information content (AvgIpc) is 1.21. The number of benzene rings is 6. The Labute approximate surface area is 614 Å². The van der Waals surface area contributed by atoms with Crippen molar-refractivity contribution in [2.45, 2.75) is 108 Å². The lowest BCUT2D eigenvalue weighted by Crippen LogP contribution is -2.56. The van der Waals surface area contributed by atoms with Crippen molar-refractivity contribution >= 4 is 59.1 Å². The van der Waals surface area contributed by atoms with E-state index in [1.165, 1.54) is 39.0 Å². The molecule has 558 valence electrons. The highest BCUT2D eigenvalue weighted by molar-refractivity contribution is 6.10. The van der Waals surface area contributed by atoms with Crippen molar-refractivity contribution in [1.29, 1.82) is 0 Å². The number of hydrogen-bond acceptors (Lipinski definition) is 13. The molecule has 0 bridgehead atoms. The number of hydrogen-bond donors (Lipinski definition) is 0. The Morgan fingerprint density at radius 1 is 0.434 bits per heavy atom. The third-order valence-corrected chi connectivity index (χ3v) is 18.6. The van der Waals surface area contributed by atoms with E-state index in [9.17, 15) is 69.9 Å². The molecule has 5 heterocycles. The van der Waals surface area contributed by atoms with E-state index in [4.69, 9.17) is 14.2 Å². The molecule has 0 spiro atoms. The van der Waals surface area contributed by atoms with Gasteiger partial charge in [-0.25, -0.2) is 8.78 Å². The van der Waals surface area contributed by atoms with Crippen LogP contribution < -0.4 is 4.74 Å². The number of allylic oxidation sites excluding steroid dienone is 3. The molecule has 0 unspecified atom stereocenters. The highest BCUT2D eigenvalue weighted by Crippen LogP contribution is 2.41. The minimum atomic E-state index is -4.40. The zero-order chi connectivity index (χ0) is 77.5. The molecule has 0 aromatic heterocycles. The number of methoxy groups -OCH3 is 1. The first-order valence-electron chi connectivity index (χ1n) is 34.6. The fourth-order valence-corrected chi connectivity index (χ4v) is 12.7. The molecule has 0 radical (unpaired) electrons. The van der Waals surface area contributed by atoms with E-state index in [0.717, 1.165) is 41.2 Å². The fraction of sp³-hybridized carbons (Fsp3) is 0.325. The first-order valence-corrected chi connectivity index (χ1v) is 34.6. The lowest BCUT2D eigenvalue weighted by atomic mass is 9.77. The summed E-state index contributed by atoms with van der Waals surface area (Å²) in [5, 5.41) is 0. The van der Waals surface area contributed by atoms with Gasteiger partial charge in [0.2, 0.25) is 11.8 Å². The first-order chi connectivity index (χ1) is 50.5. The fourth-order valence-electron chi connectivity index (χ4n) is 12.7. The number of morpholine rings is 2. The topological polar surface area (TPSA) is 215 Å². The van der Waals surface area contributed by atoms with Crippen LogP contribution in [-0.4, -0.2) is 154 Å². The Hall–Kier alpha value is -10.9. The maximum atomic E-state index is 14.3. The van der Waals surface area contributed by atoms with Gasteiger partial charge in [-0.2, -0.15) is 13.2 Å². The van der Waals surface area contributed by atoms with Gasteiger partial charge in [0.1, 0.15) is 11.4 Å². The molecule has 0 aliphatic carbocycles. The van der Waals surface area contributed by atoms with Crippen molar-refractivity contribution in [2.75, 3.05) is 53.0 Å². The molecule has 11 rings (SSSR count). The maximum absolute atomic E-state index is 14.3. The van der Waals surface area contributed by atoms with Crippen LogP contribution in [-0.2, 0) is 46.0 Å². The molecule has 18 nitrogen and oxygen atoms in total. The molecule has 23 heteroatoms. The summed E-state index contributed by atoms with van der Waals surface area (Å²) in [4.78, 5) is 130. The normalized spacial score (nSPS) is 22.0. The van der Waals surface area contributed by atoms with Crippen LogP contribution >= 0.6 is 0 Å². The second-order valence-corrected chi connectivity index (χ2v) is 26.3. The summed E-state index contributed by atoms with van der Waals surface area (Å²) in [7, 11) is 1.58. The Balaban J connectivity index is 0.000000187. The van der Waals surface area contributed by atoms with E-state index >= 15 is 0 Å². The van der Waals surface area contributed by atoms with Gasteiger partial charge in [0.05, 0.1) is 49.8 Å².